The van der Waals surface area contributed by atoms with Crippen molar-refractivity contribution in [2.75, 3.05) is 18.6 Å². The molecule has 0 unspecified atom stereocenters. The van der Waals surface area contributed by atoms with Crippen LogP contribution in [0.5, 0.6) is 0 Å². The Labute approximate surface area is 174 Å². The minimum atomic E-state index is -4.97. The fourth-order valence-corrected chi connectivity index (χ4v) is 5.20. The Kier molecular flexibility index (Phi) is 5.90. The molecular formula is C17H15F3N4O5S2. The summed E-state index contributed by atoms with van der Waals surface area (Å²) in [5.41, 5.74) is -1.51. The lowest BCUT2D eigenvalue weighted by Crippen LogP contribution is -2.15. The third-order valence-corrected chi connectivity index (χ3v) is 7.18. The van der Waals surface area contributed by atoms with E-state index in [1.807, 2.05) is 0 Å². The zero-order valence-corrected chi connectivity index (χ0v) is 17.4. The van der Waals surface area contributed by atoms with Crippen molar-refractivity contribution >= 4 is 19.7 Å². The maximum atomic E-state index is 13.6. The fraction of sp³-hybridized carbons (Fsp3) is 0.235. The van der Waals surface area contributed by atoms with Crippen molar-refractivity contribution in [1.29, 1.82) is 0 Å². The Morgan fingerprint density at radius 2 is 1.68 bits per heavy atom. The predicted molar refractivity (Wildman–Crippen MR) is 102 cm³/mol. The van der Waals surface area contributed by atoms with E-state index in [0.29, 0.717) is 12.3 Å². The largest absolute Gasteiger partial charge is 0.417 e. The van der Waals surface area contributed by atoms with Crippen LogP contribution < -0.4 is 0 Å². The summed E-state index contributed by atoms with van der Waals surface area (Å²) in [4.78, 5) is -1.11. The van der Waals surface area contributed by atoms with Crippen LogP contribution in [0, 0.1) is 0 Å². The number of tetrazole rings is 1. The van der Waals surface area contributed by atoms with Gasteiger partial charge >= 0.3 is 6.18 Å². The first-order chi connectivity index (χ1) is 14.4. The highest BCUT2D eigenvalue weighted by Crippen LogP contribution is 2.43. The molecule has 31 heavy (non-hydrogen) atoms. The molecule has 0 saturated carbocycles. The van der Waals surface area contributed by atoms with Crippen LogP contribution in [0.3, 0.4) is 0 Å². The van der Waals surface area contributed by atoms with Crippen LogP contribution in [0.25, 0.3) is 22.5 Å². The molecule has 0 spiro atoms. The molecule has 0 saturated heterocycles. The van der Waals surface area contributed by atoms with E-state index >= 15 is 0 Å². The number of benzene rings is 2. The first-order valence-electron chi connectivity index (χ1n) is 8.48. The van der Waals surface area contributed by atoms with Gasteiger partial charge in [0.15, 0.2) is 25.5 Å². The maximum Gasteiger partial charge on any atom is 0.417 e. The molecule has 166 valence electrons. The van der Waals surface area contributed by atoms with E-state index in [4.69, 9.17) is 5.11 Å². The highest BCUT2D eigenvalue weighted by Gasteiger charge is 2.39. The summed E-state index contributed by atoms with van der Waals surface area (Å²) in [6.07, 6.45) is -4.33. The van der Waals surface area contributed by atoms with E-state index in [9.17, 15) is 30.0 Å². The van der Waals surface area contributed by atoms with Gasteiger partial charge in [-0.05, 0) is 39.8 Å². The Hall–Kier alpha value is -2.84. The zero-order valence-electron chi connectivity index (χ0n) is 15.8. The second kappa shape index (κ2) is 8.01. The van der Waals surface area contributed by atoms with Gasteiger partial charge in [-0.15, -0.1) is 5.10 Å². The second-order valence-corrected chi connectivity index (χ2v) is 10.5. The normalized spacial score (nSPS) is 12.8. The lowest BCUT2D eigenvalue weighted by molar-refractivity contribution is -0.139. The monoisotopic (exact) mass is 476 g/mol. The van der Waals surface area contributed by atoms with Crippen LogP contribution in [0.2, 0.25) is 0 Å². The van der Waals surface area contributed by atoms with Crippen molar-refractivity contribution in [1.82, 2.24) is 20.6 Å². The molecule has 1 aromatic heterocycles. The van der Waals surface area contributed by atoms with Gasteiger partial charge in [0, 0.05) is 11.8 Å². The summed E-state index contributed by atoms with van der Waals surface area (Å²) in [7, 11) is -8.16. The Morgan fingerprint density at radius 3 is 2.16 bits per heavy atom. The van der Waals surface area contributed by atoms with Crippen molar-refractivity contribution in [2.45, 2.75) is 16.0 Å². The molecule has 0 aliphatic rings. The number of hydrogen-bond donors (Lipinski definition) is 2. The van der Waals surface area contributed by atoms with E-state index in [1.54, 1.807) is 0 Å². The highest BCUT2D eigenvalue weighted by molar-refractivity contribution is 7.91. The third-order valence-electron chi connectivity index (χ3n) is 4.30. The van der Waals surface area contributed by atoms with Crippen LogP contribution in [0.15, 0.2) is 46.2 Å². The van der Waals surface area contributed by atoms with E-state index in [-0.39, 0.29) is 21.8 Å². The molecule has 14 heteroatoms. The average molecular weight is 476 g/mol. The number of aromatic amines is 1. The Balaban J connectivity index is 2.32. The van der Waals surface area contributed by atoms with E-state index in [1.165, 1.54) is 24.3 Å². The van der Waals surface area contributed by atoms with Crippen LogP contribution in [0.1, 0.15) is 5.56 Å². The summed E-state index contributed by atoms with van der Waals surface area (Å²) in [6, 6.07) is 6.74. The van der Waals surface area contributed by atoms with Gasteiger partial charge in [0.05, 0.1) is 27.7 Å². The van der Waals surface area contributed by atoms with Crippen molar-refractivity contribution in [3.05, 3.63) is 42.0 Å². The molecule has 3 rings (SSSR count). The van der Waals surface area contributed by atoms with Crippen molar-refractivity contribution in [3.63, 3.8) is 0 Å². The van der Waals surface area contributed by atoms with Gasteiger partial charge in [0.25, 0.3) is 0 Å². The molecule has 0 aliphatic heterocycles. The highest BCUT2D eigenvalue weighted by atomic mass is 32.2. The SMILES string of the molecule is CS(=O)(=O)c1c(C(F)(F)F)ccc(-c2ccc(S(=O)(=O)CCO)cc2)c1-c1nnn[nH]1. The quantitative estimate of drug-likeness (QED) is 0.548. The average Bonchev–Trinajstić information content (AvgIpc) is 3.20. The first-order valence-corrected chi connectivity index (χ1v) is 12.0. The summed E-state index contributed by atoms with van der Waals surface area (Å²) >= 11 is 0. The fourth-order valence-electron chi connectivity index (χ4n) is 3.01. The summed E-state index contributed by atoms with van der Waals surface area (Å²) in [5, 5.41) is 21.4. The van der Waals surface area contributed by atoms with E-state index in [2.05, 4.69) is 20.6 Å². The van der Waals surface area contributed by atoms with Crippen molar-refractivity contribution < 1.29 is 35.1 Å². The number of H-pyrrole nitrogens is 1. The minimum absolute atomic E-state index is 0.0399. The molecule has 0 amide bonds. The molecule has 1 heterocycles. The smallest absolute Gasteiger partial charge is 0.395 e. The topological polar surface area (TPSA) is 143 Å². The molecule has 9 nitrogen and oxygen atoms in total. The van der Waals surface area contributed by atoms with Gasteiger partial charge in [-0.25, -0.2) is 21.9 Å². The van der Waals surface area contributed by atoms with Crippen LogP contribution in [0.4, 0.5) is 13.2 Å². The van der Waals surface area contributed by atoms with Gasteiger partial charge < -0.3 is 5.11 Å². The van der Waals surface area contributed by atoms with Crippen molar-refractivity contribution in [2.24, 2.45) is 0 Å². The number of halogens is 3. The number of aliphatic hydroxyl groups excluding tert-OH is 1. The maximum absolute atomic E-state index is 13.6. The van der Waals surface area contributed by atoms with Gasteiger partial charge in [-0.3, -0.25) is 0 Å². The molecule has 2 N–H and O–H groups in total. The minimum Gasteiger partial charge on any atom is -0.395 e. The van der Waals surface area contributed by atoms with Gasteiger partial charge in [-0.2, -0.15) is 13.2 Å². The molecule has 3 aromatic rings. The van der Waals surface area contributed by atoms with Gasteiger partial charge in [0.2, 0.25) is 0 Å². The lowest BCUT2D eigenvalue weighted by atomic mass is 9.96. The standard InChI is InChI=1S/C17H15F3N4O5S2/c1-30(26,27)15-13(17(18,19)20)7-6-12(14(15)16-21-23-24-22-16)10-2-4-11(5-3-10)31(28,29)9-8-25/h2-7,25H,8-9H2,1H3,(H,21,22,23,24). The van der Waals surface area contributed by atoms with E-state index < -0.39 is 54.2 Å². The van der Waals surface area contributed by atoms with Gasteiger partial charge in [-0.1, -0.05) is 18.2 Å². The zero-order chi connectivity index (χ0) is 23.0. The number of alkyl halides is 3. The molecule has 0 radical (unpaired) electrons. The molecular weight excluding hydrogens is 461 g/mol. The number of rotatable bonds is 6. The molecule has 2 aromatic carbocycles. The summed E-state index contributed by atoms with van der Waals surface area (Å²) in [5.74, 6) is -0.807. The molecule has 0 atom stereocenters. The molecule has 0 fully saturated rings. The number of nitrogens with one attached hydrogen (secondary N) is 1. The van der Waals surface area contributed by atoms with Crippen LogP contribution in [-0.4, -0.2) is 61.2 Å². The van der Waals surface area contributed by atoms with Crippen LogP contribution in [-0.2, 0) is 25.9 Å². The lowest BCUT2D eigenvalue weighted by Gasteiger charge is -2.18. The Morgan fingerprint density at radius 1 is 1.03 bits per heavy atom. The van der Waals surface area contributed by atoms with Crippen molar-refractivity contribution in [3.8, 4) is 22.5 Å². The number of sulfone groups is 2. The number of aliphatic hydroxyl groups is 1. The van der Waals surface area contributed by atoms with E-state index in [0.717, 1.165) is 6.07 Å². The Bertz CT molecular complexity index is 1310. The predicted octanol–water partition coefficient (Wildman–Crippen LogP) is 1.72. The molecule has 0 aliphatic carbocycles. The number of hydrogen-bond acceptors (Lipinski definition) is 8. The number of aromatic nitrogens is 4. The summed E-state index contributed by atoms with van der Waals surface area (Å²) in [6.45, 7) is -0.580. The summed E-state index contributed by atoms with van der Waals surface area (Å²) < 4.78 is 89.6. The third kappa shape index (κ3) is 4.60. The first kappa shape index (κ1) is 22.8. The molecule has 0 bridgehead atoms. The van der Waals surface area contributed by atoms with Gasteiger partial charge in [0.1, 0.15) is 0 Å². The van der Waals surface area contributed by atoms with Crippen LogP contribution >= 0.6 is 0 Å². The second-order valence-electron chi connectivity index (χ2n) is 6.45. The number of nitrogens with zero attached hydrogens (tertiary/aromatic N) is 3.